The van der Waals surface area contributed by atoms with E-state index in [1.54, 1.807) is 21.5 Å². The number of likely N-dealkylation sites (tertiary alicyclic amines) is 1. The summed E-state index contributed by atoms with van der Waals surface area (Å²) in [6, 6.07) is 5.35. The van der Waals surface area contributed by atoms with Gasteiger partial charge in [0.05, 0.1) is 22.9 Å². The second-order valence-corrected chi connectivity index (χ2v) is 9.66. The van der Waals surface area contributed by atoms with Crippen molar-refractivity contribution < 1.29 is 0 Å². The summed E-state index contributed by atoms with van der Waals surface area (Å²) in [5.41, 5.74) is 3.10. The van der Waals surface area contributed by atoms with Crippen molar-refractivity contribution in [2.45, 2.75) is 58.5 Å². The lowest BCUT2D eigenvalue weighted by Crippen LogP contribution is -2.49. The third-order valence-electron chi connectivity index (χ3n) is 6.20. The third-order valence-corrected chi connectivity index (χ3v) is 7.26. The summed E-state index contributed by atoms with van der Waals surface area (Å²) in [5, 5.41) is 12.6. The molecule has 3 aromatic heterocycles. The highest BCUT2D eigenvalue weighted by Crippen LogP contribution is 2.35. The van der Waals surface area contributed by atoms with Crippen molar-refractivity contribution in [2.24, 2.45) is 5.92 Å². The van der Waals surface area contributed by atoms with Gasteiger partial charge in [0.25, 0.3) is 5.56 Å². The van der Waals surface area contributed by atoms with Crippen LogP contribution in [0.5, 0.6) is 0 Å². The van der Waals surface area contributed by atoms with Crippen molar-refractivity contribution in [1.82, 2.24) is 29.4 Å². The van der Waals surface area contributed by atoms with E-state index in [9.17, 15) is 4.79 Å². The van der Waals surface area contributed by atoms with Gasteiger partial charge in [-0.15, -0.1) is 16.4 Å². The fourth-order valence-electron chi connectivity index (χ4n) is 4.69. The van der Waals surface area contributed by atoms with E-state index in [0.29, 0.717) is 24.2 Å². The Bertz CT molecular complexity index is 1090. The molecular weight excluding hydrogens is 396 g/mol. The molecule has 1 aliphatic carbocycles. The molecule has 2 aliphatic rings. The molecule has 0 atom stereocenters. The molecule has 0 N–H and O–H groups in total. The predicted octanol–water partition coefficient (Wildman–Crippen LogP) is 3.29. The number of hydrogen-bond acceptors (Lipinski definition) is 6. The minimum atomic E-state index is -0.0561. The van der Waals surface area contributed by atoms with Crippen LogP contribution in [0.4, 0.5) is 0 Å². The van der Waals surface area contributed by atoms with Crippen molar-refractivity contribution in [2.75, 3.05) is 13.1 Å². The minimum Gasteiger partial charge on any atom is -0.297 e. The Morgan fingerprint density at radius 1 is 1.13 bits per heavy atom. The summed E-state index contributed by atoms with van der Waals surface area (Å²) >= 11 is 1.83. The Balaban J connectivity index is 1.19. The largest absolute Gasteiger partial charge is 0.297 e. The molecule has 7 nitrogen and oxygen atoms in total. The van der Waals surface area contributed by atoms with Crippen LogP contribution in [0.15, 0.2) is 28.4 Å². The first kappa shape index (κ1) is 19.6. The van der Waals surface area contributed by atoms with Crippen molar-refractivity contribution in [3.8, 4) is 5.82 Å². The average molecular weight is 425 g/mol. The monoisotopic (exact) mass is 424 g/mol. The Morgan fingerprint density at radius 3 is 2.67 bits per heavy atom. The zero-order valence-corrected chi connectivity index (χ0v) is 18.4. The van der Waals surface area contributed by atoms with E-state index in [4.69, 9.17) is 4.98 Å². The van der Waals surface area contributed by atoms with Gasteiger partial charge in [0, 0.05) is 48.6 Å². The first-order chi connectivity index (χ1) is 14.5. The topological polar surface area (TPSA) is 68.8 Å². The fourth-order valence-corrected chi connectivity index (χ4v) is 5.68. The lowest BCUT2D eigenvalue weighted by Gasteiger charge is -2.38. The summed E-state index contributed by atoms with van der Waals surface area (Å²) < 4.78 is 3.39. The molecule has 0 unspecified atom stereocenters. The Morgan fingerprint density at radius 2 is 1.93 bits per heavy atom. The molecule has 1 saturated carbocycles. The SMILES string of the molecule is Cc1cc(C)n(-c2ccc(=O)n(CC3CN(Cc4csc(C5CCCC5)n4)C3)n2)n1. The van der Waals surface area contributed by atoms with Crippen LogP contribution in [0.1, 0.15) is 53.7 Å². The third kappa shape index (κ3) is 3.98. The zero-order chi connectivity index (χ0) is 20.7. The van der Waals surface area contributed by atoms with Gasteiger partial charge in [-0.3, -0.25) is 9.69 Å². The summed E-state index contributed by atoms with van der Waals surface area (Å²) in [7, 11) is 0. The summed E-state index contributed by atoms with van der Waals surface area (Å²) in [4.78, 5) is 19.6. The number of thiazole rings is 1. The maximum absolute atomic E-state index is 12.3. The average Bonchev–Trinajstić information content (AvgIpc) is 3.42. The molecule has 1 saturated heterocycles. The molecule has 0 aromatic carbocycles. The lowest BCUT2D eigenvalue weighted by atomic mass is 10.00. The first-order valence-electron chi connectivity index (χ1n) is 10.8. The lowest BCUT2D eigenvalue weighted by molar-refractivity contribution is 0.0755. The van der Waals surface area contributed by atoms with Crippen LogP contribution in [0.2, 0.25) is 0 Å². The summed E-state index contributed by atoms with van der Waals surface area (Å²) in [6.07, 6.45) is 5.30. The second kappa shape index (κ2) is 8.07. The molecule has 3 aromatic rings. The molecule has 0 amide bonds. The van der Waals surface area contributed by atoms with E-state index in [2.05, 4.69) is 20.5 Å². The Labute approximate surface area is 180 Å². The number of nitrogens with zero attached hydrogens (tertiary/aromatic N) is 6. The van der Waals surface area contributed by atoms with Crippen molar-refractivity contribution in [3.05, 3.63) is 56.0 Å². The van der Waals surface area contributed by atoms with Gasteiger partial charge in [0.1, 0.15) is 0 Å². The predicted molar refractivity (Wildman–Crippen MR) is 117 cm³/mol. The Kier molecular flexibility index (Phi) is 5.28. The minimum absolute atomic E-state index is 0.0561. The van der Waals surface area contributed by atoms with Crippen LogP contribution in [0, 0.1) is 19.8 Å². The molecule has 4 heterocycles. The Hall–Kier alpha value is -2.32. The molecule has 0 spiro atoms. The van der Waals surface area contributed by atoms with Gasteiger partial charge in [-0.05, 0) is 38.8 Å². The van der Waals surface area contributed by atoms with Crippen LogP contribution in [0.3, 0.4) is 0 Å². The first-order valence-corrected chi connectivity index (χ1v) is 11.7. The molecule has 0 radical (unpaired) electrons. The van der Waals surface area contributed by atoms with E-state index >= 15 is 0 Å². The van der Waals surface area contributed by atoms with Crippen molar-refractivity contribution in [3.63, 3.8) is 0 Å². The van der Waals surface area contributed by atoms with Gasteiger partial charge < -0.3 is 0 Å². The summed E-state index contributed by atoms with van der Waals surface area (Å²) in [5.74, 6) is 1.83. The molecule has 8 heteroatoms. The molecule has 2 fully saturated rings. The van der Waals surface area contributed by atoms with Crippen LogP contribution in [-0.2, 0) is 13.1 Å². The number of rotatable bonds is 6. The smallest absolute Gasteiger partial charge is 0.266 e. The van der Waals surface area contributed by atoms with E-state index in [1.807, 2.05) is 31.3 Å². The van der Waals surface area contributed by atoms with Crippen LogP contribution < -0.4 is 5.56 Å². The maximum Gasteiger partial charge on any atom is 0.266 e. The van der Waals surface area contributed by atoms with Gasteiger partial charge in [-0.1, -0.05) is 12.8 Å². The number of aromatic nitrogens is 5. The number of hydrogen-bond donors (Lipinski definition) is 0. The van der Waals surface area contributed by atoms with E-state index in [-0.39, 0.29) is 5.56 Å². The van der Waals surface area contributed by atoms with Gasteiger partial charge in [0.2, 0.25) is 0 Å². The molecule has 158 valence electrons. The van der Waals surface area contributed by atoms with Crippen LogP contribution >= 0.6 is 11.3 Å². The second-order valence-electron chi connectivity index (χ2n) is 8.77. The molecule has 30 heavy (non-hydrogen) atoms. The van der Waals surface area contributed by atoms with E-state index < -0.39 is 0 Å². The van der Waals surface area contributed by atoms with Gasteiger partial charge >= 0.3 is 0 Å². The maximum atomic E-state index is 12.3. The highest BCUT2D eigenvalue weighted by molar-refractivity contribution is 7.09. The molecule has 1 aliphatic heterocycles. The summed E-state index contributed by atoms with van der Waals surface area (Å²) in [6.45, 7) is 7.48. The standard InChI is InChI=1S/C22H28N6OS/c1-15-9-16(2)28(24-15)20-7-8-21(29)27(25-20)12-17-10-26(11-17)13-19-14-30-22(23-19)18-5-3-4-6-18/h7-9,14,17-18H,3-6,10-13H2,1-2H3. The van der Waals surface area contributed by atoms with Gasteiger partial charge in [-0.2, -0.15) is 5.10 Å². The highest BCUT2D eigenvalue weighted by atomic mass is 32.1. The normalized spacial score (nSPS) is 18.2. The van der Waals surface area contributed by atoms with E-state index in [0.717, 1.165) is 31.0 Å². The number of aryl methyl sites for hydroxylation is 2. The van der Waals surface area contributed by atoms with E-state index in [1.165, 1.54) is 36.4 Å². The van der Waals surface area contributed by atoms with Crippen LogP contribution in [0.25, 0.3) is 5.82 Å². The molecule has 5 rings (SSSR count). The van der Waals surface area contributed by atoms with Crippen molar-refractivity contribution >= 4 is 11.3 Å². The fraction of sp³-hybridized carbons (Fsp3) is 0.545. The van der Waals surface area contributed by atoms with Gasteiger partial charge in [-0.25, -0.2) is 14.3 Å². The van der Waals surface area contributed by atoms with Crippen LogP contribution in [-0.4, -0.2) is 42.5 Å². The quantitative estimate of drug-likeness (QED) is 0.607. The molecular formula is C22H28N6OS. The molecule has 0 bridgehead atoms. The zero-order valence-electron chi connectivity index (χ0n) is 17.6. The van der Waals surface area contributed by atoms with Crippen molar-refractivity contribution in [1.29, 1.82) is 0 Å². The highest BCUT2D eigenvalue weighted by Gasteiger charge is 2.29. The van der Waals surface area contributed by atoms with Gasteiger partial charge in [0.15, 0.2) is 5.82 Å².